The summed E-state index contributed by atoms with van der Waals surface area (Å²) in [5.41, 5.74) is 7.91. The summed E-state index contributed by atoms with van der Waals surface area (Å²) in [4.78, 5) is 1.37. The fourth-order valence-electron chi connectivity index (χ4n) is 1.82. The van der Waals surface area contributed by atoms with Gasteiger partial charge in [-0.05, 0) is 65.1 Å². The van der Waals surface area contributed by atoms with Crippen LogP contribution in [0.15, 0.2) is 40.2 Å². The molecule has 0 aliphatic carbocycles. The second kappa shape index (κ2) is 6.92. The molecular formula is C14H17BrN2S. The van der Waals surface area contributed by atoms with Gasteiger partial charge in [0.25, 0.3) is 0 Å². The zero-order valence-corrected chi connectivity index (χ0v) is 12.6. The van der Waals surface area contributed by atoms with Crippen LogP contribution in [-0.4, -0.2) is 6.54 Å². The first-order chi connectivity index (χ1) is 8.74. The number of halogens is 1. The predicted molar refractivity (Wildman–Crippen MR) is 82.9 cm³/mol. The second-order valence-electron chi connectivity index (χ2n) is 4.23. The van der Waals surface area contributed by atoms with Crippen molar-refractivity contribution in [3.05, 3.63) is 50.6 Å². The molecule has 1 aromatic carbocycles. The number of hydrogen-bond acceptors (Lipinski definition) is 3. The number of rotatable bonds is 6. The first-order valence-electron chi connectivity index (χ1n) is 6.03. The summed E-state index contributed by atoms with van der Waals surface area (Å²) in [5, 5.41) is 3.46. The van der Waals surface area contributed by atoms with Crippen molar-refractivity contribution in [1.29, 1.82) is 0 Å². The Kier molecular flexibility index (Phi) is 5.23. The highest BCUT2D eigenvalue weighted by Gasteiger charge is 1.97. The topological polar surface area (TPSA) is 38.0 Å². The average Bonchev–Trinajstić information content (AvgIpc) is 2.75. The second-order valence-corrected chi connectivity index (χ2v) is 6.78. The summed E-state index contributed by atoms with van der Waals surface area (Å²) in [5.74, 6) is 0. The fraction of sp³-hybridized carbons (Fsp3) is 0.286. The van der Waals surface area contributed by atoms with Gasteiger partial charge in [-0.15, -0.1) is 11.3 Å². The highest BCUT2D eigenvalue weighted by atomic mass is 79.9. The van der Waals surface area contributed by atoms with E-state index in [9.17, 15) is 0 Å². The lowest BCUT2D eigenvalue weighted by molar-refractivity contribution is 0.654. The molecule has 18 heavy (non-hydrogen) atoms. The van der Waals surface area contributed by atoms with Crippen molar-refractivity contribution in [3.8, 4) is 0 Å². The van der Waals surface area contributed by atoms with Crippen molar-refractivity contribution in [2.24, 2.45) is 0 Å². The molecule has 0 saturated carbocycles. The smallest absolute Gasteiger partial charge is 0.0701 e. The van der Waals surface area contributed by atoms with E-state index in [1.54, 1.807) is 11.3 Å². The Morgan fingerprint density at radius 1 is 1.22 bits per heavy atom. The molecule has 0 atom stereocenters. The number of nitrogen functional groups attached to an aromatic ring is 1. The van der Waals surface area contributed by atoms with Crippen LogP contribution in [0.5, 0.6) is 0 Å². The molecule has 2 aromatic rings. The van der Waals surface area contributed by atoms with Crippen LogP contribution in [0.25, 0.3) is 0 Å². The standard InChI is InChI=1S/C14H17BrN2S/c15-14-7-6-13(18-14)10-17-8-2-4-11-3-1-5-12(16)9-11/h1,3,5-7,9,17H,2,4,8,10,16H2. The lowest BCUT2D eigenvalue weighted by Gasteiger charge is -2.04. The van der Waals surface area contributed by atoms with E-state index in [4.69, 9.17) is 5.73 Å². The third kappa shape index (κ3) is 4.44. The van der Waals surface area contributed by atoms with Crippen molar-refractivity contribution in [1.82, 2.24) is 5.32 Å². The summed E-state index contributed by atoms with van der Waals surface area (Å²) in [6, 6.07) is 12.4. The van der Waals surface area contributed by atoms with Gasteiger partial charge in [0, 0.05) is 17.1 Å². The van der Waals surface area contributed by atoms with Crippen LogP contribution in [0.4, 0.5) is 5.69 Å². The third-order valence-corrected chi connectivity index (χ3v) is 4.32. The summed E-state index contributed by atoms with van der Waals surface area (Å²) < 4.78 is 1.19. The van der Waals surface area contributed by atoms with Gasteiger partial charge in [-0.3, -0.25) is 0 Å². The molecule has 0 spiro atoms. The van der Waals surface area contributed by atoms with Gasteiger partial charge in [-0.1, -0.05) is 12.1 Å². The minimum Gasteiger partial charge on any atom is -0.399 e. The van der Waals surface area contributed by atoms with Crippen molar-refractivity contribution in [2.45, 2.75) is 19.4 Å². The van der Waals surface area contributed by atoms with Crippen LogP contribution in [0.3, 0.4) is 0 Å². The molecule has 0 radical (unpaired) electrons. The third-order valence-electron chi connectivity index (χ3n) is 2.70. The van der Waals surface area contributed by atoms with Crippen LogP contribution in [0.1, 0.15) is 16.9 Å². The highest BCUT2D eigenvalue weighted by Crippen LogP contribution is 2.21. The molecule has 0 fully saturated rings. The normalized spacial score (nSPS) is 10.7. The Balaban J connectivity index is 1.64. The Morgan fingerprint density at radius 3 is 2.83 bits per heavy atom. The van der Waals surface area contributed by atoms with Gasteiger partial charge < -0.3 is 11.1 Å². The first-order valence-corrected chi connectivity index (χ1v) is 7.64. The zero-order valence-electron chi connectivity index (χ0n) is 10.2. The van der Waals surface area contributed by atoms with Gasteiger partial charge in [0.1, 0.15) is 0 Å². The molecular weight excluding hydrogens is 308 g/mol. The number of anilines is 1. The van der Waals surface area contributed by atoms with Crippen molar-refractivity contribution in [2.75, 3.05) is 12.3 Å². The van der Waals surface area contributed by atoms with Gasteiger partial charge >= 0.3 is 0 Å². The van der Waals surface area contributed by atoms with Crippen LogP contribution in [0, 0.1) is 0 Å². The SMILES string of the molecule is Nc1cccc(CCCNCc2ccc(Br)s2)c1. The minimum absolute atomic E-state index is 0.851. The number of nitrogens with two attached hydrogens (primary N) is 1. The molecule has 0 aliphatic rings. The summed E-state index contributed by atoms with van der Waals surface area (Å²) in [6.07, 6.45) is 2.21. The van der Waals surface area contributed by atoms with Gasteiger partial charge in [-0.2, -0.15) is 0 Å². The molecule has 0 aliphatic heterocycles. The van der Waals surface area contributed by atoms with Gasteiger partial charge in [0.2, 0.25) is 0 Å². The Bertz CT molecular complexity index is 496. The lowest BCUT2D eigenvalue weighted by atomic mass is 10.1. The van der Waals surface area contributed by atoms with E-state index in [-0.39, 0.29) is 0 Å². The number of benzene rings is 1. The van der Waals surface area contributed by atoms with E-state index in [2.05, 4.69) is 45.5 Å². The Morgan fingerprint density at radius 2 is 2.11 bits per heavy atom. The van der Waals surface area contributed by atoms with Crippen LogP contribution in [0.2, 0.25) is 0 Å². The van der Waals surface area contributed by atoms with Crippen molar-refractivity contribution in [3.63, 3.8) is 0 Å². The number of nitrogens with one attached hydrogen (secondary N) is 1. The molecule has 0 bridgehead atoms. The highest BCUT2D eigenvalue weighted by molar-refractivity contribution is 9.11. The van der Waals surface area contributed by atoms with E-state index in [0.29, 0.717) is 0 Å². The maximum Gasteiger partial charge on any atom is 0.0701 e. The molecule has 2 rings (SSSR count). The zero-order chi connectivity index (χ0) is 12.8. The number of thiophene rings is 1. The molecule has 2 nitrogen and oxygen atoms in total. The molecule has 0 unspecified atom stereocenters. The van der Waals surface area contributed by atoms with E-state index in [1.165, 1.54) is 14.2 Å². The van der Waals surface area contributed by atoms with Gasteiger partial charge in [0.15, 0.2) is 0 Å². The largest absolute Gasteiger partial charge is 0.399 e. The lowest BCUT2D eigenvalue weighted by Crippen LogP contribution is -2.14. The molecule has 0 saturated heterocycles. The molecule has 0 amide bonds. The number of aryl methyl sites for hydroxylation is 1. The molecule has 4 heteroatoms. The van der Waals surface area contributed by atoms with Gasteiger partial charge in [-0.25, -0.2) is 0 Å². The monoisotopic (exact) mass is 324 g/mol. The number of hydrogen-bond donors (Lipinski definition) is 2. The summed E-state index contributed by atoms with van der Waals surface area (Å²) in [7, 11) is 0. The maximum absolute atomic E-state index is 5.75. The van der Waals surface area contributed by atoms with Gasteiger partial charge in [0.05, 0.1) is 3.79 Å². The molecule has 1 aromatic heterocycles. The van der Waals surface area contributed by atoms with Crippen LogP contribution < -0.4 is 11.1 Å². The summed E-state index contributed by atoms with van der Waals surface area (Å²) >= 11 is 5.25. The van der Waals surface area contributed by atoms with E-state index in [0.717, 1.165) is 31.6 Å². The average molecular weight is 325 g/mol. The van der Waals surface area contributed by atoms with Crippen LogP contribution in [-0.2, 0) is 13.0 Å². The maximum atomic E-state index is 5.75. The van der Waals surface area contributed by atoms with E-state index < -0.39 is 0 Å². The molecule has 3 N–H and O–H groups in total. The van der Waals surface area contributed by atoms with Crippen molar-refractivity contribution >= 4 is 33.0 Å². The van der Waals surface area contributed by atoms with Crippen LogP contribution >= 0.6 is 27.3 Å². The molecule has 96 valence electrons. The summed E-state index contributed by atoms with van der Waals surface area (Å²) in [6.45, 7) is 1.98. The quantitative estimate of drug-likeness (QED) is 0.626. The molecule has 1 heterocycles. The predicted octanol–water partition coefficient (Wildman–Crippen LogP) is 3.82. The van der Waals surface area contributed by atoms with E-state index >= 15 is 0 Å². The van der Waals surface area contributed by atoms with E-state index in [1.807, 2.05) is 12.1 Å². The first kappa shape index (κ1) is 13.6. The Hall–Kier alpha value is -0.840. The Labute approximate surface area is 120 Å². The van der Waals surface area contributed by atoms with Crippen molar-refractivity contribution < 1.29 is 0 Å². The fourth-order valence-corrected chi connectivity index (χ4v) is 3.28. The minimum atomic E-state index is 0.851.